The van der Waals surface area contributed by atoms with E-state index >= 15 is 0 Å². The minimum absolute atomic E-state index is 0.0157. The van der Waals surface area contributed by atoms with E-state index in [-0.39, 0.29) is 18.1 Å². The van der Waals surface area contributed by atoms with Crippen LogP contribution in [0.2, 0.25) is 0 Å². The molecule has 0 spiro atoms. The Labute approximate surface area is 144 Å². The SMILES string of the molecule is CCC(C)(NC(=O)C(C)SCC(=O)Nc1ccc(F)cc1)C(=O)O. The van der Waals surface area contributed by atoms with E-state index in [1.54, 1.807) is 13.8 Å². The lowest BCUT2D eigenvalue weighted by Gasteiger charge is -2.26. The van der Waals surface area contributed by atoms with Gasteiger partial charge in [-0.15, -0.1) is 11.8 Å². The number of carbonyl (C=O) groups is 3. The second-order valence-corrected chi connectivity index (χ2v) is 6.82. The van der Waals surface area contributed by atoms with E-state index in [9.17, 15) is 18.8 Å². The summed E-state index contributed by atoms with van der Waals surface area (Å²) in [5, 5.41) is 13.6. The van der Waals surface area contributed by atoms with Crippen LogP contribution in [0.1, 0.15) is 27.2 Å². The number of rotatable bonds is 8. The molecule has 132 valence electrons. The Hall–Kier alpha value is -2.09. The van der Waals surface area contributed by atoms with E-state index in [0.29, 0.717) is 5.69 Å². The van der Waals surface area contributed by atoms with Crippen molar-refractivity contribution in [1.29, 1.82) is 0 Å². The van der Waals surface area contributed by atoms with Crippen molar-refractivity contribution < 1.29 is 23.9 Å². The highest BCUT2D eigenvalue weighted by Gasteiger charge is 2.34. The van der Waals surface area contributed by atoms with Gasteiger partial charge in [0.15, 0.2) is 0 Å². The van der Waals surface area contributed by atoms with Crippen molar-refractivity contribution >= 4 is 35.2 Å². The molecule has 0 radical (unpaired) electrons. The van der Waals surface area contributed by atoms with E-state index in [1.165, 1.54) is 31.2 Å². The second-order valence-electron chi connectivity index (χ2n) is 5.49. The Balaban J connectivity index is 2.48. The number of carboxylic acid groups (broad SMARTS) is 1. The maximum absolute atomic E-state index is 12.8. The highest BCUT2D eigenvalue weighted by Crippen LogP contribution is 2.16. The fourth-order valence-electron chi connectivity index (χ4n) is 1.67. The number of aliphatic carboxylic acids is 1. The van der Waals surface area contributed by atoms with Crippen LogP contribution in [0.25, 0.3) is 0 Å². The van der Waals surface area contributed by atoms with Crippen LogP contribution in [0.3, 0.4) is 0 Å². The zero-order valence-corrected chi connectivity index (χ0v) is 14.6. The summed E-state index contributed by atoms with van der Waals surface area (Å²) in [5.41, 5.74) is -0.869. The fraction of sp³-hybridized carbons (Fsp3) is 0.438. The predicted octanol–water partition coefficient (Wildman–Crippen LogP) is 2.26. The monoisotopic (exact) mass is 356 g/mol. The van der Waals surface area contributed by atoms with Crippen LogP contribution in [0, 0.1) is 5.82 Å². The number of anilines is 1. The average molecular weight is 356 g/mol. The average Bonchev–Trinajstić information content (AvgIpc) is 2.54. The van der Waals surface area contributed by atoms with Crippen molar-refractivity contribution in [1.82, 2.24) is 5.32 Å². The van der Waals surface area contributed by atoms with Crippen molar-refractivity contribution in [2.45, 2.75) is 38.0 Å². The molecule has 0 saturated heterocycles. The minimum atomic E-state index is -1.33. The van der Waals surface area contributed by atoms with E-state index < -0.39 is 28.5 Å². The number of hydrogen-bond acceptors (Lipinski definition) is 4. The fourth-order valence-corrected chi connectivity index (χ4v) is 2.36. The highest BCUT2D eigenvalue weighted by molar-refractivity contribution is 8.01. The lowest BCUT2D eigenvalue weighted by atomic mass is 9.99. The molecule has 0 heterocycles. The number of thioether (sulfide) groups is 1. The number of hydrogen-bond donors (Lipinski definition) is 3. The Morgan fingerprint density at radius 2 is 1.88 bits per heavy atom. The van der Waals surface area contributed by atoms with Crippen molar-refractivity contribution in [3.8, 4) is 0 Å². The number of nitrogens with one attached hydrogen (secondary N) is 2. The zero-order chi connectivity index (χ0) is 18.3. The molecule has 0 aliphatic carbocycles. The van der Waals surface area contributed by atoms with Crippen molar-refractivity contribution in [2.75, 3.05) is 11.1 Å². The van der Waals surface area contributed by atoms with Crippen LogP contribution >= 0.6 is 11.8 Å². The first-order valence-electron chi connectivity index (χ1n) is 7.40. The molecule has 0 aliphatic heterocycles. The van der Waals surface area contributed by atoms with Gasteiger partial charge >= 0.3 is 5.97 Å². The maximum Gasteiger partial charge on any atom is 0.329 e. The third kappa shape index (κ3) is 5.84. The van der Waals surface area contributed by atoms with Gasteiger partial charge in [-0.2, -0.15) is 0 Å². The number of carboxylic acids is 1. The molecule has 2 atom stereocenters. The summed E-state index contributed by atoms with van der Waals surface area (Å²) in [7, 11) is 0. The van der Waals surface area contributed by atoms with Gasteiger partial charge in [0.25, 0.3) is 0 Å². The van der Waals surface area contributed by atoms with Gasteiger partial charge in [0.2, 0.25) is 11.8 Å². The molecule has 8 heteroatoms. The Morgan fingerprint density at radius 1 is 1.29 bits per heavy atom. The molecule has 2 unspecified atom stereocenters. The first-order chi connectivity index (χ1) is 11.2. The Morgan fingerprint density at radius 3 is 2.38 bits per heavy atom. The molecule has 0 bridgehead atoms. The number of benzene rings is 1. The quantitative estimate of drug-likeness (QED) is 0.664. The summed E-state index contributed by atoms with van der Waals surface area (Å²) in [6, 6.07) is 5.34. The molecule has 24 heavy (non-hydrogen) atoms. The van der Waals surface area contributed by atoms with Crippen LogP contribution in [-0.2, 0) is 14.4 Å². The van der Waals surface area contributed by atoms with Gasteiger partial charge < -0.3 is 15.7 Å². The normalized spacial score (nSPS) is 14.3. The van der Waals surface area contributed by atoms with Crippen molar-refractivity contribution in [3.05, 3.63) is 30.1 Å². The number of halogens is 1. The van der Waals surface area contributed by atoms with Crippen LogP contribution in [0.5, 0.6) is 0 Å². The molecular formula is C16H21FN2O4S. The van der Waals surface area contributed by atoms with Crippen LogP contribution in [0.4, 0.5) is 10.1 Å². The molecule has 6 nitrogen and oxygen atoms in total. The summed E-state index contributed by atoms with van der Waals surface area (Å²) in [6.45, 7) is 4.71. The van der Waals surface area contributed by atoms with Gasteiger partial charge in [-0.25, -0.2) is 9.18 Å². The molecule has 2 amide bonds. The standard InChI is InChI=1S/C16H21FN2O4S/c1-4-16(3,15(22)23)19-14(21)10(2)24-9-13(20)18-12-7-5-11(17)6-8-12/h5-8,10H,4,9H2,1-3H3,(H,18,20)(H,19,21)(H,22,23). The van der Waals surface area contributed by atoms with Gasteiger partial charge in [-0.1, -0.05) is 6.92 Å². The number of amides is 2. The van der Waals surface area contributed by atoms with E-state index in [0.717, 1.165) is 11.8 Å². The van der Waals surface area contributed by atoms with Crippen molar-refractivity contribution in [3.63, 3.8) is 0 Å². The van der Waals surface area contributed by atoms with Crippen molar-refractivity contribution in [2.24, 2.45) is 0 Å². The number of carbonyl (C=O) groups excluding carboxylic acids is 2. The molecule has 1 aromatic rings. The molecular weight excluding hydrogens is 335 g/mol. The van der Waals surface area contributed by atoms with Gasteiger partial charge in [0.05, 0.1) is 11.0 Å². The van der Waals surface area contributed by atoms with E-state index in [4.69, 9.17) is 5.11 Å². The van der Waals surface area contributed by atoms with Gasteiger partial charge in [0, 0.05) is 5.69 Å². The van der Waals surface area contributed by atoms with E-state index in [1.807, 2.05) is 0 Å². The maximum atomic E-state index is 12.8. The second kappa shape index (κ2) is 8.68. The third-order valence-corrected chi connectivity index (χ3v) is 4.68. The molecule has 1 aromatic carbocycles. The van der Waals surface area contributed by atoms with Crippen LogP contribution in [-0.4, -0.2) is 39.4 Å². The van der Waals surface area contributed by atoms with Gasteiger partial charge in [-0.05, 0) is 44.5 Å². The summed E-state index contributed by atoms with van der Waals surface area (Å²) in [4.78, 5) is 35.1. The highest BCUT2D eigenvalue weighted by atomic mass is 32.2. The topological polar surface area (TPSA) is 95.5 Å². The summed E-state index contributed by atoms with van der Waals surface area (Å²) < 4.78 is 12.8. The summed E-state index contributed by atoms with van der Waals surface area (Å²) in [5.74, 6) is -2.26. The molecule has 0 aliphatic rings. The Bertz CT molecular complexity index is 609. The van der Waals surface area contributed by atoms with E-state index in [2.05, 4.69) is 10.6 Å². The molecule has 1 rings (SSSR count). The van der Waals surface area contributed by atoms with Gasteiger partial charge in [0.1, 0.15) is 11.4 Å². The minimum Gasteiger partial charge on any atom is -0.480 e. The largest absolute Gasteiger partial charge is 0.480 e. The smallest absolute Gasteiger partial charge is 0.329 e. The molecule has 3 N–H and O–H groups in total. The molecule has 0 aromatic heterocycles. The zero-order valence-electron chi connectivity index (χ0n) is 13.8. The molecule has 0 saturated carbocycles. The summed E-state index contributed by atoms with van der Waals surface area (Å²) in [6.07, 6.45) is 0.247. The lowest BCUT2D eigenvalue weighted by Crippen LogP contribution is -2.53. The summed E-state index contributed by atoms with van der Waals surface area (Å²) >= 11 is 1.09. The molecule has 0 fully saturated rings. The Kier molecular flexibility index (Phi) is 7.21. The third-order valence-electron chi connectivity index (χ3n) is 3.54. The van der Waals surface area contributed by atoms with Crippen LogP contribution in [0.15, 0.2) is 24.3 Å². The first kappa shape index (κ1) is 20.0. The van der Waals surface area contributed by atoms with Crippen LogP contribution < -0.4 is 10.6 Å². The first-order valence-corrected chi connectivity index (χ1v) is 8.45. The lowest BCUT2D eigenvalue weighted by molar-refractivity contribution is -0.146. The van der Waals surface area contributed by atoms with Gasteiger partial charge in [-0.3, -0.25) is 9.59 Å². The predicted molar refractivity (Wildman–Crippen MR) is 91.4 cm³/mol.